The maximum Gasteiger partial charge on any atom is 0.312 e. The molecule has 0 spiro atoms. The van der Waals surface area contributed by atoms with Gasteiger partial charge in [0.15, 0.2) is 0 Å². The largest absolute Gasteiger partial charge is 0.481 e. The van der Waals surface area contributed by atoms with Crippen LogP contribution in [0.4, 0.5) is 0 Å². The summed E-state index contributed by atoms with van der Waals surface area (Å²) in [5, 5.41) is 8.97. The van der Waals surface area contributed by atoms with E-state index in [1.807, 2.05) is 13.8 Å². The average Bonchev–Trinajstić information content (AvgIpc) is 2.53. The SMILES string of the molecule is CC1(C)OCC2CC21C(=O)O. The van der Waals surface area contributed by atoms with Gasteiger partial charge < -0.3 is 9.84 Å². The molecule has 0 aromatic rings. The zero-order valence-electron chi connectivity index (χ0n) is 6.76. The maximum absolute atomic E-state index is 10.9. The van der Waals surface area contributed by atoms with Gasteiger partial charge in [-0.15, -0.1) is 0 Å². The molecule has 1 aliphatic heterocycles. The number of hydrogen-bond donors (Lipinski definition) is 1. The Bertz CT molecular complexity index is 221. The second-order valence-corrected chi connectivity index (χ2v) is 4.00. The Morgan fingerprint density at radius 3 is 2.45 bits per heavy atom. The van der Waals surface area contributed by atoms with Crippen molar-refractivity contribution in [3.63, 3.8) is 0 Å². The van der Waals surface area contributed by atoms with E-state index in [0.717, 1.165) is 6.42 Å². The van der Waals surface area contributed by atoms with Gasteiger partial charge in [0, 0.05) is 5.92 Å². The maximum atomic E-state index is 10.9. The fourth-order valence-corrected chi connectivity index (χ4v) is 2.23. The molecule has 2 unspecified atom stereocenters. The summed E-state index contributed by atoms with van der Waals surface area (Å²) in [6.45, 7) is 4.36. The highest BCUT2D eigenvalue weighted by Gasteiger charge is 2.73. The average molecular weight is 156 g/mol. The van der Waals surface area contributed by atoms with E-state index in [4.69, 9.17) is 9.84 Å². The highest BCUT2D eigenvalue weighted by Crippen LogP contribution is 2.65. The third kappa shape index (κ3) is 0.601. The Hall–Kier alpha value is -0.570. The van der Waals surface area contributed by atoms with Gasteiger partial charge in [-0.2, -0.15) is 0 Å². The number of ether oxygens (including phenoxy) is 1. The number of rotatable bonds is 1. The molecular formula is C8H12O3. The fourth-order valence-electron chi connectivity index (χ4n) is 2.23. The molecule has 1 heterocycles. The first kappa shape index (κ1) is 7.10. The van der Waals surface area contributed by atoms with Gasteiger partial charge >= 0.3 is 5.97 Å². The minimum absolute atomic E-state index is 0.273. The number of carboxylic acid groups (broad SMARTS) is 1. The third-order valence-electron chi connectivity index (χ3n) is 3.21. The van der Waals surface area contributed by atoms with Crippen molar-refractivity contribution >= 4 is 5.97 Å². The molecule has 11 heavy (non-hydrogen) atoms. The molecule has 3 heteroatoms. The molecule has 62 valence electrons. The number of aliphatic carboxylic acids is 1. The summed E-state index contributed by atoms with van der Waals surface area (Å²) in [6.07, 6.45) is 0.801. The van der Waals surface area contributed by atoms with Crippen molar-refractivity contribution in [1.82, 2.24) is 0 Å². The van der Waals surface area contributed by atoms with Gasteiger partial charge in [-0.25, -0.2) is 0 Å². The van der Waals surface area contributed by atoms with Crippen molar-refractivity contribution in [3.05, 3.63) is 0 Å². The zero-order valence-corrected chi connectivity index (χ0v) is 6.76. The van der Waals surface area contributed by atoms with Crippen molar-refractivity contribution in [2.45, 2.75) is 25.9 Å². The summed E-state index contributed by atoms with van der Waals surface area (Å²) in [5.41, 5.74) is -1.00. The van der Waals surface area contributed by atoms with E-state index in [0.29, 0.717) is 6.61 Å². The van der Waals surface area contributed by atoms with Crippen LogP contribution in [-0.4, -0.2) is 23.3 Å². The van der Waals surface area contributed by atoms with Crippen LogP contribution in [0, 0.1) is 11.3 Å². The van der Waals surface area contributed by atoms with E-state index < -0.39 is 17.0 Å². The van der Waals surface area contributed by atoms with Crippen LogP contribution < -0.4 is 0 Å². The van der Waals surface area contributed by atoms with Gasteiger partial charge in [-0.1, -0.05) is 0 Å². The lowest BCUT2D eigenvalue weighted by atomic mass is 9.87. The van der Waals surface area contributed by atoms with Gasteiger partial charge in [0.2, 0.25) is 0 Å². The van der Waals surface area contributed by atoms with Crippen molar-refractivity contribution in [1.29, 1.82) is 0 Å². The van der Waals surface area contributed by atoms with E-state index in [1.54, 1.807) is 0 Å². The molecule has 1 saturated carbocycles. The minimum Gasteiger partial charge on any atom is -0.481 e. The van der Waals surface area contributed by atoms with E-state index in [2.05, 4.69) is 0 Å². The third-order valence-corrected chi connectivity index (χ3v) is 3.21. The van der Waals surface area contributed by atoms with Crippen molar-refractivity contribution in [2.24, 2.45) is 11.3 Å². The topological polar surface area (TPSA) is 46.5 Å². The summed E-state index contributed by atoms with van der Waals surface area (Å²) >= 11 is 0. The molecule has 0 aromatic heterocycles. The van der Waals surface area contributed by atoms with Crippen LogP contribution in [0.3, 0.4) is 0 Å². The molecular weight excluding hydrogens is 144 g/mol. The molecule has 0 radical (unpaired) electrons. The first-order chi connectivity index (χ1) is 5.01. The molecule has 0 aromatic carbocycles. The smallest absolute Gasteiger partial charge is 0.312 e. The second-order valence-electron chi connectivity index (χ2n) is 4.00. The van der Waals surface area contributed by atoms with E-state index in [1.165, 1.54) is 0 Å². The van der Waals surface area contributed by atoms with E-state index >= 15 is 0 Å². The molecule has 0 amide bonds. The number of fused-ring (bicyclic) bond motifs is 1. The molecule has 2 rings (SSSR count). The van der Waals surface area contributed by atoms with Crippen molar-refractivity contribution < 1.29 is 14.6 Å². The first-order valence-electron chi connectivity index (χ1n) is 3.88. The van der Waals surface area contributed by atoms with Crippen LogP contribution in [0.15, 0.2) is 0 Å². The first-order valence-corrected chi connectivity index (χ1v) is 3.88. The predicted octanol–water partition coefficient (Wildman–Crippen LogP) is 0.886. The lowest BCUT2D eigenvalue weighted by molar-refractivity contribution is -0.151. The van der Waals surface area contributed by atoms with Gasteiger partial charge in [0.1, 0.15) is 5.41 Å². The zero-order chi connectivity index (χ0) is 8.28. The Morgan fingerprint density at radius 2 is 2.27 bits per heavy atom. The molecule has 3 nitrogen and oxygen atoms in total. The Balaban J connectivity index is 2.35. The fraction of sp³-hybridized carbons (Fsp3) is 0.875. The highest BCUT2D eigenvalue weighted by molar-refractivity contribution is 5.81. The summed E-state index contributed by atoms with van der Waals surface area (Å²) in [4.78, 5) is 10.9. The molecule has 2 aliphatic rings. The molecule has 2 fully saturated rings. The van der Waals surface area contributed by atoms with Crippen LogP contribution >= 0.6 is 0 Å². The lowest BCUT2D eigenvalue weighted by Crippen LogP contribution is -2.38. The van der Waals surface area contributed by atoms with Gasteiger partial charge in [-0.3, -0.25) is 4.79 Å². The van der Waals surface area contributed by atoms with Gasteiger partial charge in [0.25, 0.3) is 0 Å². The van der Waals surface area contributed by atoms with E-state index in [-0.39, 0.29) is 5.92 Å². The number of hydrogen-bond acceptors (Lipinski definition) is 2. The summed E-state index contributed by atoms with van der Waals surface area (Å²) < 4.78 is 5.39. The van der Waals surface area contributed by atoms with Gasteiger partial charge in [-0.05, 0) is 20.3 Å². The number of carbonyl (C=O) groups is 1. The van der Waals surface area contributed by atoms with Crippen LogP contribution in [0.25, 0.3) is 0 Å². The molecule has 1 saturated heterocycles. The highest BCUT2D eigenvalue weighted by atomic mass is 16.5. The summed E-state index contributed by atoms with van der Waals surface area (Å²) in [5.74, 6) is -0.417. The van der Waals surface area contributed by atoms with Crippen LogP contribution in [0.2, 0.25) is 0 Å². The summed E-state index contributed by atoms with van der Waals surface area (Å²) in [6, 6.07) is 0. The second kappa shape index (κ2) is 1.61. The molecule has 1 N–H and O–H groups in total. The normalized spacial score (nSPS) is 45.1. The number of carboxylic acids is 1. The molecule has 2 atom stereocenters. The Kier molecular flexibility index (Phi) is 1.04. The van der Waals surface area contributed by atoms with Crippen LogP contribution in [0.1, 0.15) is 20.3 Å². The van der Waals surface area contributed by atoms with Crippen molar-refractivity contribution in [3.8, 4) is 0 Å². The summed E-state index contributed by atoms with van der Waals surface area (Å²) in [7, 11) is 0. The van der Waals surface area contributed by atoms with Crippen LogP contribution in [0.5, 0.6) is 0 Å². The molecule has 1 aliphatic carbocycles. The van der Waals surface area contributed by atoms with Crippen molar-refractivity contribution in [2.75, 3.05) is 6.61 Å². The quantitative estimate of drug-likeness (QED) is 0.613. The van der Waals surface area contributed by atoms with Crippen LogP contribution in [-0.2, 0) is 9.53 Å². The lowest BCUT2D eigenvalue weighted by Gasteiger charge is -2.26. The minimum atomic E-state index is -0.690. The Labute approximate surface area is 65.4 Å². The Morgan fingerprint density at radius 1 is 1.64 bits per heavy atom. The predicted molar refractivity (Wildman–Crippen MR) is 38.2 cm³/mol. The van der Waals surface area contributed by atoms with E-state index in [9.17, 15) is 4.79 Å². The standard InChI is InChI=1S/C8H12O3/c1-7(2)8(6(9)10)3-5(8)4-11-7/h5H,3-4H2,1-2H3,(H,9,10). The molecule has 0 bridgehead atoms. The van der Waals surface area contributed by atoms with Gasteiger partial charge in [0.05, 0.1) is 12.2 Å². The monoisotopic (exact) mass is 156 g/mol.